The second-order valence-electron chi connectivity index (χ2n) is 7.44. The van der Waals surface area contributed by atoms with Crippen LogP contribution in [-0.4, -0.2) is 66.3 Å². The molecule has 0 aromatic heterocycles. The van der Waals surface area contributed by atoms with Crippen LogP contribution in [0.3, 0.4) is 0 Å². The largest absolute Gasteiger partial charge is 0.495 e. The molecule has 156 valence electrons. The molecular weight excluding hydrogens is 400 g/mol. The number of carbonyl (C=O) groups excluding carboxylic acids is 4. The number of hydrogen-bond acceptors (Lipinski definition) is 5. The molecule has 2 fully saturated rings. The Labute approximate surface area is 173 Å². The Kier molecular flexibility index (Phi) is 5.70. The molecule has 1 aliphatic carbocycles. The number of carbonyl (C=O) groups is 4. The minimum absolute atomic E-state index is 0.107. The number of likely N-dealkylation sites (N-methyl/N-ethyl adjacent to an activating group) is 1. The molecule has 10 heteroatoms. The van der Waals surface area contributed by atoms with Gasteiger partial charge >= 0.3 is 6.03 Å². The average Bonchev–Trinajstić information content (AvgIpc) is 3.47. The number of urea groups is 1. The summed E-state index contributed by atoms with van der Waals surface area (Å²) in [6, 6.07) is 4.19. The molecule has 1 heterocycles. The third-order valence-corrected chi connectivity index (χ3v) is 5.47. The summed E-state index contributed by atoms with van der Waals surface area (Å²) in [6.45, 7) is 1.00. The Morgan fingerprint density at radius 2 is 2.07 bits per heavy atom. The number of imide groups is 1. The lowest BCUT2D eigenvalue weighted by molar-refractivity contribution is -0.139. The number of halogens is 1. The molecule has 9 nitrogen and oxygen atoms in total. The number of anilines is 1. The predicted molar refractivity (Wildman–Crippen MR) is 106 cm³/mol. The number of methoxy groups -OCH3 is 1. The van der Waals surface area contributed by atoms with Gasteiger partial charge in [0, 0.05) is 12.1 Å². The van der Waals surface area contributed by atoms with Gasteiger partial charge in [-0.1, -0.05) is 11.6 Å². The van der Waals surface area contributed by atoms with Crippen molar-refractivity contribution in [2.45, 2.75) is 25.3 Å². The van der Waals surface area contributed by atoms with E-state index in [0.29, 0.717) is 16.5 Å². The monoisotopic (exact) mass is 422 g/mol. The zero-order valence-corrected chi connectivity index (χ0v) is 17.2. The minimum Gasteiger partial charge on any atom is -0.495 e. The summed E-state index contributed by atoms with van der Waals surface area (Å²) in [7, 11) is 2.89. The van der Waals surface area contributed by atoms with Crippen LogP contribution in [0.25, 0.3) is 0 Å². The second kappa shape index (κ2) is 7.90. The molecule has 0 radical (unpaired) electrons. The Hall–Kier alpha value is -2.81. The van der Waals surface area contributed by atoms with Crippen LogP contribution in [0.2, 0.25) is 5.02 Å². The maximum atomic E-state index is 12.6. The summed E-state index contributed by atoms with van der Waals surface area (Å²) in [6.07, 6.45) is 1.74. The highest BCUT2D eigenvalue weighted by molar-refractivity contribution is 6.31. The molecule has 0 unspecified atom stereocenters. The van der Waals surface area contributed by atoms with Gasteiger partial charge in [0.15, 0.2) is 0 Å². The van der Waals surface area contributed by atoms with Crippen molar-refractivity contribution in [3.8, 4) is 5.75 Å². The number of rotatable bonds is 7. The molecule has 1 aromatic carbocycles. The van der Waals surface area contributed by atoms with Gasteiger partial charge in [0.25, 0.3) is 5.91 Å². The number of nitrogens with zero attached hydrogens (tertiary/aromatic N) is 2. The standard InChI is InChI=1S/C19H23ClN4O5/c1-19(11-4-5-11)17(27)24(18(28)22-19)10-16(26)23(2)9-15(25)21-13-8-12(20)6-7-14(13)29-3/h6-8,11H,4-5,9-10H2,1-3H3,(H,21,25)(H,22,28)/t19-/m0/s1. The molecule has 29 heavy (non-hydrogen) atoms. The summed E-state index contributed by atoms with van der Waals surface area (Å²) in [5.41, 5.74) is -0.573. The minimum atomic E-state index is -0.948. The van der Waals surface area contributed by atoms with E-state index >= 15 is 0 Å². The molecule has 1 aliphatic heterocycles. The van der Waals surface area contributed by atoms with E-state index in [0.717, 1.165) is 22.6 Å². The fourth-order valence-electron chi connectivity index (χ4n) is 3.32. The zero-order valence-electron chi connectivity index (χ0n) is 16.5. The number of hydrogen-bond donors (Lipinski definition) is 2. The van der Waals surface area contributed by atoms with Gasteiger partial charge in [0.05, 0.1) is 19.3 Å². The molecule has 1 saturated carbocycles. The van der Waals surface area contributed by atoms with Crippen molar-refractivity contribution in [3.63, 3.8) is 0 Å². The smallest absolute Gasteiger partial charge is 0.325 e. The highest BCUT2D eigenvalue weighted by Crippen LogP contribution is 2.42. The van der Waals surface area contributed by atoms with Crippen LogP contribution in [0.5, 0.6) is 5.75 Å². The van der Waals surface area contributed by atoms with Gasteiger partial charge < -0.3 is 20.3 Å². The lowest BCUT2D eigenvalue weighted by Gasteiger charge is -2.22. The first-order chi connectivity index (χ1) is 13.7. The third kappa shape index (κ3) is 4.29. The van der Waals surface area contributed by atoms with Crippen LogP contribution in [-0.2, 0) is 14.4 Å². The van der Waals surface area contributed by atoms with Crippen LogP contribution >= 0.6 is 11.6 Å². The molecule has 2 aliphatic rings. The van der Waals surface area contributed by atoms with Crippen molar-refractivity contribution in [3.05, 3.63) is 23.2 Å². The highest BCUT2D eigenvalue weighted by atomic mass is 35.5. The maximum Gasteiger partial charge on any atom is 0.325 e. The maximum absolute atomic E-state index is 12.6. The van der Waals surface area contributed by atoms with E-state index in [-0.39, 0.29) is 12.5 Å². The SMILES string of the molecule is COc1ccc(Cl)cc1NC(=O)CN(C)C(=O)CN1C(=O)N[C@@](C)(C2CC2)C1=O. The Morgan fingerprint density at radius 3 is 2.69 bits per heavy atom. The van der Waals surface area contributed by atoms with E-state index in [1.165, 1.54) is 20.2 Å². The number of nitrogens with one attached hydrogen (secondary N) is 2. The van der Waals surface area contributed by atoms with Crippen molar-refractivity contribution in [1.29, 1.82) is 0 Å². The third-order valence-electron chi connectivity index (χ3n) is 5.23. The summed E-state index contributed by atoms with van der Waals surface area (Å²) in [5.74, 6) is -0.867. The Bertz CT molecular complexity index is 872. The van der Waals surface area contributed by atoms with Crippen molar-refractivity contribution in [2.24, 2.45) is 5.92 Å². The average molecular weight is 423 g/mol. The number of benzene rings is 1. The predicted octanol–water partition coefficient (Wildman–Crippen LogP) is 1.47. The van der Waals surface area contributed by atoms with Gasteiger partial charge in [0.2, 0.25) is 11.8 Å². The van der Waals surface area contributed by atoms with Gasteiger partial charge in [-0.3, -0.25) is 19.3 Å². The van der Waals surface area contributed by atoms with Crippen molar-refractivity contribution >= 4 is 41.0 Å². The summed E-state index contributed by atoms with van der Waals surface area (Å²) >= 11 is 5.94. The number of amides is 5. The quantitative estimate of drug-likeness (QED) is 0.647. The molecule has 3 rings (SSSR count). The first kappa shape index (κ1) is 20.9. The molecule has 1 atom stereocenters. The first-order valence-electron chi connectivity index (χ1n) is 9.17. The lowest BCUT2D eigenvalue weighted by atomic mass is 9.96. The van der Waals surface area contributed by atoms with Crippen molar-refractivity contribution in [1.82, 2.24) is 15.1 Å². The summed E-state index contributed by atoms with van der Waals surface area (Å²) in [5, 5.41) is 5.74. The number of ether oxygens (including phenoxy) is 1. The van der Waals surface area contributed by atoms with Gasteiger partial charge in [-0.05, 0) is 43.9 Å². The Morgan fingerprint density at radius 1 is 1.38 bits per heavy atom. The van der Waals surface area contributed by atoms with E-state index in [9.17, 15) is 19.2 Å². The fraction of sp³-hybridized carbons (Fsp3) is 0.474. The normalized spacial score (nSPS) is 21.0. The first-order valence-corrected chi connectivity index (χ1v) is 9.55. The molecule has 0 spiro atoms. The molecule has 0 bridgehead atoms. The van der Waals surface area contributed by atoms with E-state index in [4.69, 9.17) is 16.3 Å². The fourth-order valence-corrected chi connectivity index (χ4v) is 3.50. The summed E-state index contributed by atoms with van der Waals surface area (Å²) < 4.78 is 5.17. The van der Waals surface area contributed by atoms with E-state index < -0.39 is 35.8 Å². The van der Waals surface area contributed by atoms with E-state index in [2.05, 4.69) is 10.6 Å². The highest BCUT2D eigenvalue weighted by Gasteiger charge is 2.56. The Balaban J connectivity index is 1.58. The van der Waals surface area contributed by atoms with Crippen LogP contribution < -0.4 is 15.4 Å². The summed E-state index contributed by atoms with van der Waals surface area (Å²) in [4.78, 5) is 51.6. The van der Waals surface area contributed by atoms with Gasteiger partial charge in [-0.15, -0.1) is 0 Å². The van der Waals surface area contributed by atoms with Gasteiger partial charge in [-0.2, -0.15) is 0 Å². The topological polar surface area (TPSA) is 108 Å². The van der Waals surface area contributed by atoms with Gasteiger partial charge in [-0.25, -0.2) is 4.79 Å². The molecule has 5 amide bonds. The van der Waals surface area contributed by atoms with Gasteiger partial charge in [0.1, 0.15) is 17.8 Å². The van der Waals surface area contributed by atoms with E-state index in [1.807, 2.05) is 0 Å². The van der Waals surface area contributed by atoms with Crippen molar-refractivity contribution in [2.75, 3.05) is 32.6 Å². The second-order valence-corrected chi connectivity index (χ2v) is 7.88. The van der Waals surface area contributed by atoms with Crippen LogP contribution in [0.4, 0.5) is 10.5 Å². The molecule has 1 saturated heterocycles. The molecular formula is C19H23ClN4O5. The van der Waals surface area contributed by atoms with Crippen LogP contribution in [0.15, 0.2) is 18.2 Å². The van der Waals surface area contributed by atoms with Crippen molar-refractivity contribution < 1.29 is 23.9 Å². The zero-order chi connectivity index (χ0) is 21.3. The molecule has 2 N–H and O–H groups in total. The lowest BCUT2D eigenvalue weighted by Crippen LogP contribution is -2.47. The van der Waals surface area contributed by atoms with Crippen LogP contribution in [0.1, 0.15) is 19.8 Å². The molecule has 1 aromatic rings. The van der Waals surface area contributed by atoms with Crippen LogP contribution in [0, 0.1) is 5.92 Å². The van der Waals surface area contributed by atoms with E-state index in [1.54, 1.807) is 19.1 Å².